The van der Waals surface area contributed by atoms with Crippen molar-refractivity contribution in [2.45, 2.75) is 61.8 Å². The van der Waals surface area contributed by atoms with Crippen LogP contribution in [-0.4, -0.2) is 70.8 Å². The fraction of sp³-hybridized carbons (Fsp3) is 0.542. The van der Waals surface area contributed by atoms with Gasteiger partial charge in [-0.2, -0.15) is 0 Å². The number of carbonyl (C=O) groups excluding carboxylic acids is 2. The van der Waals surface area contributed by atoms with E-state index in [1.54, 1.807) is 35.4 Å². The first kappa shape index (κ1) is 25.8. The average Bonchev–Trinajstić information content (AvgIpc) is 3.48. The minimum atomic E-state index is -1.35. The molecule has 2 aliphatic rings. The summed E-state index contributed by atoms with van der Waals surface area (Å²) in [6.07, 6.45) is 2.49. The number of aliphatic hydroxyl groups is 1. The molecular formula is C24H32ClN5O4S. The minimum absolute atomic E-state index is 0.192. The second-order valence-electron chi connectivity index (χ2n) is 9.80. The van der Waals surface area contributed by atoms with E-state index in [1.807, 2.05) is 12.1 Å². The monoisotopic (exact) mass is 521 g/mol. The van der Waals surface area contributed by atoms with E-state index in [9.17, 15) is 18.9 Å². The van der Waals surface area contributed by atoms with Gasteiger partial charge in [-0.05, 0) is 57.4 Å². The normalized spacial score (nSPS) is 18.7. The van der Waals surface area contributed by atoms with Gasteiger partial charge in [-0.1, -0.05) is 23.7 Å². The van der Waals surface area contributed by atoms with Crippen LogP contribution in [0.1, 0.15) is 59.8 Å². The van der Waals surface area contributed by atoms with Gasteiger partial charge in [0.05, 0.1) is 21.8 Å². The molecule has 2 unspecified atom stereocenters. The summed E-state index contributed by atoms with van der Waals surface area (Å²) in [4.78, 5) is 31.9. The van der Waals surface area contributed by atoms with Crippen molar-refractivity contribution in [3.63, 3.8) is 0 Å². The van der Waals surface area contributed by atoms with Gasteiger partial charge in [0.25, 0.3) is 11.8 Å². The highest BCUT2D eigenvalue weighted by Crippen LogP contribution is 2.47. The van der Waals surface area contributed by atoms with Crippen molar-refractivity contribution >= 4 is 34.2 Å². The molecule has 0 saturated heterocycles. The van der Waals surface area contributed by atoms with Gasteiger partial charge in [-0.15, -0.1) is 0 Å². The first-order chi connectivity index (χ1) is 16.6. The second kappa shape index (κ2) is 10.0. The van der Waals surface area contributed by atoms with E-state index in [-0.39, 0.29) is 17.6 Å². The molecule has 0 radical (unpaired) electrons. The smallest absolute Gasteiger partial charge is 0.287 e. The summed E-state index contributed by atoms with van der Waals surface area (Å²) in [6.45, 7) is 5.39. The summed E-state index contributed by atoms with van der Waals surface area (Å²) in [5.41, 5.74) is 6.83. The molecule has 1 aliphatic heterocycles. The van der Waals surface area contributed by atoms with Crippen LogP contribution < -0.4 is 11.1 Å². The number of nitrogens with one attached hydrogen (secondary N) is 1. The molecule has 35 heavy (non-hydrogen) atoms. The fourth-order valence-corrected chi connectivity index (χ4v) is 6.88. The van der Waals surface area contributed by atoms with Crippen LogP contribution >= 0.6 is 11.6 Å². The molecule has 0 spiro atoms. The van der Waals surface area contributed by atoms with Crippen molar-refractivity contribution in [3.05, 3.63) is 52.6 Å². The number of hydrogen-bond acceptors (Lipinski definition) is 6. The molecule has 1 aromatic heterocycles. The molecule has 1 aliphatic carbocycles. The topological polar surface area (TPSA) is 131 Å². The number of aromatic nitrogens is 2. The molecule has 2 heterocycles. The predicted octanol–water partition coefficient (Wildman–Crippen LogP) is 1.69. The lowest BCUT2D eigenvalue weighted by Crippen LogP contribution is -2.52. The number of amides is 2. The Bertz CT molecular complexity index is 1130. The molecule has 190 valence electrons. The van der Waals surface area contributed by atoms with Gasteiger partial charge in [0.1, 0.15) is 5.69 Å². The number of benzene rings is 1. The molecule has 9 nitrogen and oxygen atoms in total. The van der Waals surface area contributed by atoms with Crippen LogP contribution in [0.15, 0.2) is 30.5 Å². The molecule has 2 atom stereocenters. The molecule has 4 rings (SSSR count). The first-order valence-electron chi connectivity index (χ1n) is 11.8. The van der Waals surface area contributed by atoms with E-state index >= 15 is 0 Å². The zero-order valence-corrected chi connectivity index (χ0v) is 21.6. The molecule has 4 N–H and O–H groups in total. The number of rotatable bonds is 10. The van der Waals surface area contributed by atoms with Crippen molar-refractivity contribution in [3.8, 4) is 0 Å². The molecule has 1 aromatic carbocycles. The lowest BCUT2D eigenvalue weighted by atomic mass is 10.0. The molecule has 2 aromatic rings. The van der Waals surface area contributed by atoms with E-state index in [4.69, 9.17) is 17.3 Å². The highest BCUT2D eigenvalue weighted by molar-refractivity contribution is 7.88. The number of imidazole rings is 1. The SMILES string of the molecule is CC(C)(C(O)CCN)S(=O)C1(CN2CCn3c(cnc3C(=O)NCc3ccc(Cl)cc3)C2=O)CC1. The number of carbonyl (C=O) groups is 2. The Kier molecular flexibility index (Phi) is 7.38. The van der Waals surface area contributed by atoms with Gasteiger partial charge < -0.3 is 25.6 Å². The number of hydrogen-bond donors (Lipinski definition) is 3. The predicted molar refractivity (Wildman–Crippen MR) is 135 cm³/mol. The number of nitrogens with zero attached hydrogens (tertiary/aromatic N) is 3. The highest BCUT2D eigenvalue weighted by atomic mass is 35.5. The maximum Gasteiger partial charge on any atom is 0.287 e. The van der Waals surface area contributed by atoms with Crippen LogP contribution in [0, 0.1) is 0 Å². The van der Waals surface area contributed by atoms with E-state index in [1.165, 1.54) is 6.20 Å². The Balaban J connectivity index is 1.42. The maximum atomic E-state index is 13.5. The van der Waals surface area contributed by atoms with Crippen molar-refractivity contribution < 1.29 is 18.9 Å². The zero-order chi connectivity index (χ0) is 25.4. The molecule has 2 amide bonds. The summed E-state index contributed by atoms with van der Waals surface area (Å²) >= 11 is 5.90. The molecular weight excluding hydrogens is 490 g/mol. The van der Waals surface area contributed by atoms with E-state index < -0.39 is 26.4 Å². The average molecular weight is 522 g/mol. The Labute approximate surface area is 212 Å². The third-order valence-electron chi connectivity index (χ3n) is 6.93. The van der Waals surface area contributed by atoms with Gasteiger partial charge >= 0.3 is 0 Å². The Morgan fingerprint density at radius 3 is 2.63 bits per heavy atom. The summed E-state index contributed by atoms with van der Waals surface area (Å²) < 4.78 is 13.8. The standard InChI is InChI=1S/C24H32ClN5O4S/c1-23(2,19(31)7-10-26)35(34)24(8-9-24)15-29-11-12-30-18(22(29)33)14-27-20(30)21(32)28-13-16-3-5-17(25)6-4-16/h3-6,14,19,31H,7-13,15,26H2,1-2H3,(H,28,32). The number of fused-ring (bicyclic) bond motifs is 1. The van der Waals surface area contributed by atoms with Gasteiger partial charge in [-0.3, -0.25) is 13.8 Å². The maximum absolute atomic E-state index is 13.5. The zero-order valence-electron chi connectivity index (χ0n) is 20.0. The van der Waals surface area contributed by atoms with Gasteiger partial charge in [0, 0.05) is 42.0 Å². The number of nitrogens with two attached hydrogens (primary N) is 1. The lowest BCUT2D eigenvalue weighted by molar-refractivity contribution is 0.0698. The minimum Gasteiger partial charge on any atom is -0.392 e. The third kappa shape index (κ3) is 5.16. The molecule has 1 saturated carbocycles. The summed E-state index contributed by atoms with van der Waals surface area (Å²) in [5, 5.41) is 14.0. The van der Waals surface area contributed by atoms with Crippen LogP contribution in [0.25, 0.3) is 0 Å². The molecule has 1 fully saturated rings. The van der Waals surface area contributed by atoms with Crippen LogP contribution in [0.4, 0.5) is 0 Å². The molecule has 11 heteroatoms. The fourth-order valence-electron chi connectivity index (χ4n) is 4.53. The van der Waals surface area contributed by atoms with E-state index in [2.05, 4.69) is 10.3 Å². The van der Waals surface area contributed by atoms with Crippen LogP contribution in [0.5, 0.6) is 0 Å². The van der Waals surface area contributed by atoms with Gasteiger partial charge in [-0.25, -0.2) is 4.98 Å². The summed E-state index contributed by atoms with van der Waals surface area (Å²) in [7, 11) is -1.35. The number of halogens is 1. The largest absolute Gasteiger partial charge is 0.392 e. The number of aliphatic hydroxyl groups excluding tert-OH is 1. The van der Waals surface area contributed by atoms with Crippen LogP contribution in [0.3, 0.4) is 0 Å². The van der Waals surface area contributed by atoms with Crippen molar-refractivity contribution in [1.82, 2.24) is 19.8 Å². The van der Waals surface area contributed by atoms with Crippen LogP contribution in [-0.2, 0) is 23.9 Å². The Morgan fingerprint density at radius 2 is 2.00 bits per heavy atom. The van der Waals surface area contributed by atoms with Gasteiger partial charge in [0.15, 0.2) is 5.82 Å². The van der Waals surface area contributed by atoms with Gasteiger partial charge in [0.2, 0.25) is 0 Å². The molecule has 0 bridgehead atoms. The highest BCUT2D eigenvalue weighted by Gasteiger charge is 2.56. The van der Waals surface area contributed by atoms with Crippen LogP contribution in [0.2, 0.25) is 5.02 Å². The van der Waals surface area contributed by atoms with E-state index in [0.717, 1.165) is 18.4 Å². The summed E-state index contributed by atoms with van der Waals surface area (Å²) in [6, 6.07) is 7.18. The Morgan fingerprint density at radius 1 is 1.31 bits per heavy atom. The van der Waals surface area contributed by atoms with Crippen molar-refractivity contribution in [1.29, 1.82) is 0 Å². The van der Waals surface area contributed by atoms with Crippen molar-refractivity contribution in [2.75, 3.05) is 19.6 Å². The third-order valence-corrected chi connectivity index (χ3v) is 9.73. The second-order valence-corrected chi connectivity index (χ2v) is 12.7. The Hall–Kier alpha value is -2.27. The lowest BCUT2D eigenvalue weighted by Gasteiger charge is -2.37. The van der Waals surface area contributed by atoms with E-state index in [0.29, 0.717) is 49.9 Å². The quantitative estimate of drug-likeness (QED) is 0.436. The first-order valence-corrected chi connectivity index (χ1v) is 13.3. The van der Waals surface area contributed by atoms with Crippen molar-refractivity contribution in [2.24, 2.45) is 5.73 Å². The summed E-state index contributed by atoms with van der Waals surface area (Å²) in [5.74, 6) is -0.398.